The fourth-order valence-corrected chi connectivity index (χ4v) is 2.08. The Morgan fingerprint density at radius 3 is 1.80 bits per heavy atom. The molecule has 3 atom stereocenters. The molecule has 0 radical (unpaired) electrons. The van der Waals surface area contributed by atoms with Crippen molar-refractivity contribution < 1.29 is 39.6 Å². The maximum atomic E-state index is 11.3. The number of hydrogen-bond acceptors (Lipinski definition) is 4. The summed E-state index contributed by atoms with van der Waals surface area (Å²) < 4.78 is 0. The number of carboxylic acid groups (broad SMARTS) is 4. The summed E-state index contributed by atoms with van der Waals surface area (Å²) in [5.74, 6) is -7.60. The van der Waals surface area contributed by atoms with E-state index in [4.69, 9.17) is 20.4 Å². The van der Waals surface area contributed by atoms with Crippen LogP contribution in [0.4, 0.5) is 0 Å². The topological polar surface area (TPSA) is 149 Å². The number of aliphatic carboxylic acids is 4. The second-order valence-electron chi connectivity index (χ2n) is 5.12. The Kier molecular flexibility index (Phi) is 6.15. The Morgan fingerprint density at radius 1 is 1.00 bits per heavy atom. The van der Waals surface area contributed by atoms with Gasteiger partial charge in [-0.15, -0.1) is 0 Å². The molecule has 3 unspecified atom stereocenters. The van der Waals surface area contributed by atoms with Crippen molar-refractivity contribution in [1.29, 1.82) is 0 Å². The Hall–Kier alpha value is -2.12. The molecular weight excluding hydrogens is 272 g/mol. The zero-order chi connectivity index (χ0) is 16.1. The SMILES string of the molecule is CC(CC(=O)O)CC(C(=O)O)C(C)(CC(=O)O)C(=O)O. The van der Waals surface area contributed by atoms with Crippen molar-refractivity contribution in [2.45, 2.75) is 33.1 Å². The van der Waals surface area contributed by atoms with Crippen molar-refractivity contribution in [1.82, 2.24) is 0 Å². The minimum Gasteiger partial charge on any atom is -0.481 e. The highest BCUT2D eigenvalue weighted by Crippen LogP contribution is 2.37. The second-order valence-corrected chi connectivity index (χ2v) is 5.12. The summed E-state index contributed by atoms with van der Waals surface area (Å²) in [5.41, 5.74) is -2.00. The van der Waals surface area contributed by atoms with Crippen LogP contribution in [0.15, 0.2) is 0 Å². The molecule has 0 fully saturated rings. The third-order valence-electron chi connectivity index (χ3n) is 3.24. The van der Waals surface area contributed by atoms with Gasteiger partial charge in [0.2, 0.25) is 0 Å². The van der Waals surface area contributed by atoms with Crippen LogP contribution in [0, 0.1) is 17.3 Å². The van der Waals surface area contributed by atoms with Gasteiger partial charge in [0.15, 0.2) is 0 Å². The van der Waals surface area contributed by atoms with Gasteiger partial charge in [-0.25, -0.2) is 0 Å². The van der Waals surface area contributed by atoms with E-state index in [9.17, 15) is 19.2 Å². The van der Waals surface area contributed by atoms with E-state index in [1.807, 2.05) is 0 Å². The van der Waals surface area contributed by atoms with E-state index in [1.165, 1.54) is 6.92 Å². The molecule has 0 aliphatic carbocycles. The molecule has 8 heteroatoms. The van der Waals surface area contributed by atoms with E-state index < -0.39 is 47.5 Å². The van der Waals surface area contributed by atoms with E-state index in [0.717, 1.165) is 6.92 Å². The Bertz CT molecular complexity index is 416. The van der Waals surface area contributed by atoms with Gasteiger partial charge >= 0.3 is 23.9 Å². The molecule has 0 saturated carbocycles. The molecule has 0 aromatic rings. The smallest absolute Gasteiger partial charge is 0.310 e. The summed E-state index contributed by atoms with van der Waals surface area (Å²) in [6.07, 6.45) is -1.39. The van der Waals surface area contributed by atoms with Crippen molar-refractivity contribution in [2.75, 3.05) is 0 Å². The Balaban J connectivity index is 5.30. The maximum absolute atomic E-state index is 11.3. The van der Waals surface area contributed by atoms with Crippen LogP contribution in [0.5, 0.6) is 0 Å². The van der Waals surface area contributed by atoms with Gasteiger partial charge in [0, 0.05) is 6.42 Å². The second kappa shape index (κ2) is 6.88. The maximum Gasteiger partial charge on any atom is 0.310 e. The van der Waals surface area contributed by atoms with Crippen LogP contribution in [0.1, 0.15) is 33.1 Å². The van der Waals surface area contributed by atoms with Crippen LogP contribution in [0.2, 0.25) is 0 Å². The monoisotopic (exact) mass is 290 g/mol. The van der Waals surface area contributed by atoms with Crippen molar-refractivity contribution >= 4 is 23.9 Å². The molecule has 0 aliphatic heterocycles. The zero-order valence-electron chi connectivity index (χ0n) is 11.2. The van der Waals surface area contributed by atoms with Crippen LogP contribution in [0.3, 0.4) is 0 Å². The number of hydrogen-bond donors (Lipinski definition) is 4. The molecule has 0 rings (SSSR count). The Labute approximate surface area is 115 Å². The van der Waals surface area contributed by atoms with Gasteiger partial charge in [0.25, 0.3) is 0 Å². The van der Waals surface area contributed by atoms with E-state index >= 15 is 0 Å². The molecule has 0 aromatic heterocycles. The first-order chi connectivity index (χ1) is 9.00. The molecule has 0 saturated heterocycles. The van der Waals surface area contributed by atoms with Crippen molar-refractivity contribution in [3.8, 4) is 0 Å². The lowest BCUT2D eigenvalue weighted by Crippen LogP contribution is -2.42. The average Bonchev–Trinajstić information content (AvgIpc) is 2.22. The predicted molar refractivity (Wildman–Crippen MR) is 65.2 cm³/mol. The average molecular weight is 290 g/mol. The fraction of sp³-hybridized carbons (Fsp3) is 0.667. The number of carboxylic acids is 4. The summed E-state index contributed by atoms with van der Waals surface area (Å²) in [6, 6.07) is 0. The summed E-state index contributed by atoms with van der Waals surface area (Å²) >= 11 is 0. The molecule has 0 aromatic carbocycles. The van der Waals surface area contributed by atoms with E-state index in [1.54, 1.807) is 0 Å². The standard InChI is InChI=1S/C12H18O8/c1-6(4-8(13)14)3-7(10(17)18)12(2,11(19)20)5-9(15)16/h6-7H,3-5H2,1-2H3,(H,13,14)(H,15,16)(H,17,18)(H,19,20). The zero-order valence-corrected chi connectivity index (χ0v) is 11.2. The molecule has 114 valence electrons. The molecule has 20 heavy (non-hydrogen) atoms. The molecule has 0 aliphatic rings. The van der Waals surface area contributed by atoms with Crippen LogP contribution in [-0.2, 0) is 19.2 Å². The van der Waals surface area contributed by atoms with Crippen molar-refractivity contribution in [3.63, 3.8) is 0 Å². The van der Waals surface area contributed by atoms with Gasteiger partial charge in [-0.3, -0.25) is 19.2 Å². The van der Waals surface area contributed by atoms with Crippen LogP contribution < -0.4 is 0 Å². The Morgan fingerprint density at radius 2 is 1.50 bits per heavy atom. The largest absolute Gasteiger partial charge is 0.481 e. The highest BCUT2D eigenvalue weighted by Gasteiger charge is 2.47. The van der Waals surface area contributed by atoms with Gasteiger partial charge in [-0.05, 0) is 19.3 Å². The fourth-order valence-electron chi connectivity index (χ4n) is 2.08. The molecule has 0 heterocycles. The predicted octanol–water partition coefficient (Wildman–Crippen LogP) is 0.754. The highest BCUT2D eigenvalue weighted by molar-refractivity contribution is 5.87. The van der Waals surface area contributed by atoms with Crippen molar-refractivity contribution in [2.24, 2.45) is 17.3 Å². The summed E-state index contributed by atoms with van der Waals surface area (Å²) in [7, 11) is 0. The normalized spacial score (nSPS) is 16.7. The van der Waals surface area contributed by atoms with Gasteiger partial charge in [0.1, 0.15) is 0 Å². The van der Waals surface area contributed by atoms with Crippen molar-refractivity contribution in [3.05, 3.63) is 0 Å². The summed E-state index contributed by atoms with van der Waals surface area (Å²) in [4.78, 5) is 43.8. The van der Waals surface area contributed by atoms with Crippen LogP contribution in [0.25, 0.3) is 0 Å². The summed E-state index contributed by atoms with van der Waals surface area (Å²) in [5, 5.41) is 35.7. The quantitative estimate of drug-likeness (QED) is 0.486. The molecular formula is C12H18O8. The van der Waals surface area contributed by atoms with E-state index in [2.05, 4.69) is 0 Å². The van der Waals surface area contributed by atoms with Crippen LogP contribution in [-0.4, -0.2) is 44.3 Å². The molecule has 0 spiro atoms. The lowest BCUT2D eigenvalue weighted by atomic mass is 9.70. The first-order valence-electron chi connectivity index (χ1n) is 5.90. The first-order valence-corrected chi connectivity index (χ1v) is 5.90. The third kappa shape index (κ3) is 4.87. The van der Waals surface area contributed by atoms with E-state index in [0.29, 0.717) is 0 Å². The molecule has 4 N–H and O–H groups in total. The lowest BCUT2D eigenvalue weighted by molar-refractivity contribution is -0.166. The number of carbonyl (C=O) groups is 4. The molecule has 8 nitrogen and oxygen atoms in total. The van der Waals surface area contributed by atoms with Crippen LogP contribution >= 0.6 is 0 Å². The third-order valence-corrected chi connectivity index (χ3v) is 3.24. The van der Waals surface area contributed by atoms with Gasteiger partial charge in [-0.2, -0.15) is 0 Å². The van der Waals surface area contributed by atoms with E-state index in [-0.39, 0.29) is 12.8 Å². The lowest BCUT2D eigenvalue weighted by Gasteiger charge is -2.31. The molecule has 0 bridgehead atoms. The van der Waals surface area contributed by atoms with Gasteiger partial charge in [-0.1, -0.05) is 6.92 Å². The number of rotatable bonds is 9. The minimum atomic E-state index is -2.00. The van der Waals surface area contributed by atoms with Gasteiger partial charge < -0.3 is 20.4 Å². The highest BCUT2D eigenvalue weighted by atomic mass is 16.4. The summed E-state index contributed by atoms with van der Waals surface area (Å²) in [6.45, 7) is 2.53. The van der Waals surface area contributed by atoms with Gasteiger partial charge in [0.05, 0.1) is 17.8 Å². The first kappa shape index (κ1) is 17.9. The minimum absolute atomic E-state index is 0.224. The molecule has 0 amide bonds.